The van der Waals surface area contributed by atoms with E-state index in [1.165, 1.54) is 22.7 Å². The molecule has 1 N–H and O–H groups in total. The van der Waals surface area contributed by atoms with Crippen LogP contribution in [0.2, 0.25) is 10.0 Å². The normalized spacial score (nSPS) is 15.2. The summed E-state index contributed by atoms with van der Waals surface area (Å²) in [7, 11) is 1.66. The smallest absolute Gasteiger partial charge is 0.261 e. The van der Waals surface area contributed by atoms with Gasteiger partial charge in [0.15, 0.2) is 0 Å². The third-order valence-electron chi connectivity index (χ3n) is 6.62. The maximum atomic E-state index is 13.2. The van der Waals surface area contributed by atoms with Crippen molar-refractivity contribution in [2.75, 3.05) is 20.1 Å². The molecule has 1 aliphatic rings. The number of piperidine rings is 1. The molecule has 190 valence electrons. The van der Waals surface area contributed by atoms with Crippen LogP contribution in [0.1, 0.15) is 36.8 Å². The van der Waals surface area contributed by atoms with Gasteiger partial charge in [-0.15, -0.1) is 0 Å². The molecule has 0 radical (unpaired) electrons. The van der Waals surface area contributed by atoms with Crippen LogP contribution in [0.4, 0.5) is 0 Å². The monoisotopic (exact) mass is 530 g/mol. The number of fused-ring (bicyclic) bond motifs is 1. The fourth-order valence-electron chi connectivity index (χ4n) is 4.51. The van der Waals surface area contributed by atoms with E-state index in [0.717, 1.165) is 24.0 Å². The van der Waals surface area contributed by atoms with Gasteiger partial charge in [0.05, 0.1) is 27.3 Å². The summed E-state index contributed by atoms with van der Waals surface area (Å²) >= 11 is 12.0. The zero-order chi connectivity index (χ0) is 26.0. The van der Waals surface area contributed by atoms with Crippen molar-refractivity contribution in [1.29, 1.82) is 0 Å². The van der Waals surface area contributed by atoms with Crippen LogP contribution in [0.5, 0.6) is 0 Å². The van der Waals surface area contributed by atoms with Crippen molar-refractivity contribution in [3.05, 3.63) is 74.3 Å². The highest BCUT2D eigenvalue weighted by molar-refractivity contribution is 6.42. The standard InChI is InChI=1S/C26H28Cl2N4O4/c1-16(33)25(35)31-9-7-18(8-10-31)19-4-6-23-20(12-19)26(36)32(15-29-23)14-24(34)30(2)13-17-3-5-21(27)22(28)11-17/h3-6,11-12,15-16,18,33H,7-10,13-14H2,1-2H3/t16-/m1/s1. The average molecular weight is 531 g/mol. The molecule has 1 aliphatic heterocycles. The Morgan fingerprint density at radius 1 is 1.14 bits per heavy atom. The Morgan fingerprint density at radius 3 is 2.53 bits per heavy atom. The van der Waals surface area contributed by atoms with Gasteiger partial charge >= 0.3 is 0 Å². The number of benzene rings is 2. The zero-order valence-corrected chi connectivity index (χ0v) is 21.7. The number of hydrogen-bond donors (Lipinski definition) is 1. The lowest BCUT2D eigenvalue weighted by molar-refractivity contribution is -0.140. The van der Waals surface area contributed by atoms with E-state index in [4.69, 9.17) is 23.2 Å². The molecule has 2 heterocycles. The summed E-state index contributed by atoms with van der Waals surface area (Å²) in [5, 5.41) is 10.9. The van der Waals surface area contributed by atoms with E-state index in [1.54, 1.807) is 30.1 Å². The number of halogens is 2. The largest absolute Gasteiger partial charge is 0.384 e. The number of nitrogens with zero attached hydrogens (tertiary/aromatic N) is 4. The van der Waals surface area contributed by atoms with Gasteiger partial charge < -0.3 is 14.9 Å². The topological polar surface area (TPSA) is 95.7 Å². The van der Waals surface area contributed by atoms with E-state index in [9.17, 15) is 19.5 Å². The fourth-order valence-corrected chi connectivity index (χ4v) is 4.83. The zero-order valence-electron chi connectivity index (χ0n) is 20.2. The number of aromatic nitrogens is 2. The Kier molecular flexibility index (Phi) is 7.97. The van der Waals surface area contributed by atoms with Crippen molar-refractivity contribution in [2.45, 2.75) is 44.9 Å². The van der Waals surface area contributed by atoms with Crippen molar-refractivity contribution in [1.82, 2.24) is 19.4 Å². The van der Waals surface area contributed by atoms with Gasteiger partial charge in [-0.1, -0.05) is 35.3 Å². The lowest BCUT2D eigenvalue weighted by Crippen LogP contribution is -2.42. The highest BCUT2D eigenvalue weighted by Gasteiger charge is 2.26. The molecule has 4 rings (SSSR count). The first-order valence-electron chi connectivity index (χ1n) is 11.8. The summed E-state index contributed by atoms with van der Waals surface area (Å²) in [4.78, 5) is 45.7. The van der Waals surface area contributed by atoms with Gasteiger partial charge in [0.1, 0.15) is 12.6 Å². The summed E-state index contributed by atoms with van der Waals surface area (Å²) in [6, 6.07) is 10.8. The lowest BCUT2D eigenvalue weighted by atomic mass is 9.88. The number of likely N-dealkylation sites (tertiary alicyclic amines) is 1. The molecular weight excluding hydrogens is 503 g/mol. The molecular formula is C26H28Cl2N4O4. The number of rotatable bonds is 6. The van der Waals surface area contributed by atoms with Crippen LogP contribution in [0.25, 0.3) is 10.9 Å². The quantitative estimate of drug-likeness (QED) is 0.526. The van der Waals surface area contributed by atoms with Crippen molar-refractivity contribution < 1.29 is 14.7 Å². The Morgan fingerprint density at radius 2 is 1.86 bits per heavy atom. The van der Waals surface area contributed by atoms with Crippen LogP contribution in [0.3, 0.4) is 0 Å². The molecule has 8 nitrogen and oxygen atoms in total. The molecule has 36 heavy (non-hydrogen) atoms. The molecule has 3 aromatic rings. The summed E-state index contributed by atoms with van der Waals surface area (Å²) in [6.07, 6.45) is 1.89. The maximum Gasteiger partial charge on any atom is 0.261 e. The molecule has 1 aromatic heterocycles. The van der Waals surface area contributed by atoms with E-state index >= 15 is 0 Å². The number of hydrogen-bond acceptors (Lipinski definition) is 5. The summed E-state index contributed by atoms with van der Waals surface area (Å²) in [6.45, 7) is 2.79. The number of carbonyl (C=O) groups excluding carboxylic acids is 2. The van der Waals surface area contributed by atoms with E-state index < -0.39 is 6.10 Å². The van der Waals surface area contributed by atoms with Crippen molar-refractivity contribution >= 4 is 45.9 Å². The second-order valence-electron chi connectivity index (χ2n) is 9.23. The van der Waals surface area contributed by atoms with Crippen LogP contribution in [0.15, 0.2) is 47.5 Å². The summed E-state index contributed by atoms with van der Waals surface area (Å²) in [5.74, 6) is -0.303. The average Bonchev–Trinajstić information content (AvgIpc) is 2.87. The van der Waals surface area contributed by atoms with Gasteiger partial charge in [-0.05, 0) is 61.1 Å². The molecule has 0 unspecified atom stereocenters. The molecule has 0 saturated carbocycles. The molecule has 2 amide bonds. The Hall–Kier alpha value is -2.94. The van der Waals surface area contributed by atoms with E-state index in [2.05, 4.69) is 4.98 Å². The van der Waals surface area contributed by atoms with E-state index in [1.807, 2.05) is 18.2 Å². The Bertz CT molecular complexity index is 1350. The first-order valence-corrected chi connectivity index (χ1v) is 12.5. The van der Waals surface area contributed by atoms with Crippen LogP contribution in [-0.4, -0.2) is 62.5 Å². The van der Waals surface area contributed by atoms with Crippen LogP contribution < -0.4 is 5.56 Å². The second kappa shape index (κ2) is 11.0. The lowest BCUT2D eigenvalue weighted by Gasteiger charge is -2.33. The molecule has 0 spiro atoms. The van der Waals surface area contributed by atoms with Gasteiger partial charge in [0.2, 0.25) is 5.91 Å². The number of aliphatic hydroxyl groups excluding tert-OH is 1. The summed E-state index contributed by atoms with van der Waals surface area (Å²) < 4.78 is 1.32. The first kappa shape index (κ1) is 26.1. The summed E-state index contributed by atoms with van der Waals surface area (Å²) in [5.41, 5.74) is 2.12. The predicted molar refractivity (Wildman–Crippen MR) is 139 cm³/mol. The van der Waals surface area contributed by atoms with Crippen LogP contribution >= 0.6 is 23.2 Å². The molecule has 10 heteroatoms. The van der Waals surface area contributed by atoms with Crippen LogP contribution in [-0.2, 0) is 22.7 Å². The Labute approximate surface area is 219 Å². The minimum Gasteiger partial charge on any atom is -0.384 e. The second-order valence-corrected chi connectivity index (χ2v) is 10.0. The van der Waals surface area contributed by atoms with Crippen molar-refractivity contribution in [3.63, 3.8) is 0 Å². The first-order chi connectivity index (χ1) is 17.1. The van der Waals surface area contributed by atoms with Gasteiger partial charge in [-0.3, -0.25) is 19.0 Å². The number of carbonyl (C=O) groups is 2. The predicted octanol–water partition coefficient (Wildman–Crippen LogP) is 3.45. The van der Waals surface area contributed by atoms with Gasteiger partial charge in [0, 0.05) is 26.7 Å². The number of amides is 2. The molecule has 0 aliphatic carbocycles. The van der Waals surface area contributed by atoms with Crippen molar-refractivity contribution in [3.8, 4) is 0 Å². The number of likely N-dealkylation sites (N-methyl/N-ethyl adjacent to an activating group) is 1. The highest BCUT2D eigenvalue weighted by Crippen LogP contribution is 2.29. The molecule has 1 saturated heterocycles. The third-order valence-corrected chi connectivity index (χ3v) is 7.36. The minimum absolute atomic E-state index is 0.135. The van der Waals surface area contributed by atoms with E-state index in [0.29, 0.717) is 40.6 Å². The highest BCUT2D eigenvalue weighted by atomic mass is 35.5. The fraction of sp³-hybridized carbons (Fsp3) is 0.385. The SMILES string of the molecule is C[C@@H](O)C(=O)N1CCC(c2ccc3ncn(CC(=O)N(C)Cc4ccc(Cl)c(Cl)c4)c(=O)c3c2)CC1. The van der Waals surface area contributed by atoms with Gasteiger partial charge in [-0.2, -0.15) is 0 Å². The van der Waals surface area contributed by atoms with Gasteiger partial charge in [-0.25, -0.2) is 4.98 Å². The van der Waals surface area contributed by atoms with Crippen molar-refractivity contribution in [2.24, 2.45) is 0 Å². The molecule has 0 bridgehead atoms. The maximum absolute atomic E-state index is 13.2. The molecule has 1 fully saturated rings. The number of aliphatic hydroxyl groups is 1. The molecule has 2 aromatic carbocycles. The minimum atomic E-state index is -1.00. The Balaban J connectivity index is 1.47. The van der Waals surface area contributed by atoms with E-state index in [-0.39, 0.29) is 29.8 Å². The van der Waals surface area contributed by atoms with Gasteiger partial charge in [0.25, 0.3) is 11.5 Å². The molecule has 1 atom stereocenters. The van der Waals surface area contributed by atoms with Crippen LogP contribution in [0, 0.1) is 0 Å². The third kappa shape index (κ3) is 5.72.